The lowest BCUT2D eigenvalue weighted by atomic mass is 10.2. The number of aliphatic hydroxyl groups excluding tert-OH is 1. The van der Waals surface area contributed by atoms with Crippen molar-refractivity contribution in [2.45, 2.75) is 63.4 Å². The molecule has 3 aromatic carbocycles. The van der Waals surface area contributed by atoms with Gasteiger partial charge < -0.3 is 43.7 Å². The maximum Gasteiger partial charge on any atom is 0.294 e. The van der Waals surface area contributed by atoms with Crippen LogP contribution in [0.2, 0.25) is 0 Å². The molecule has 1 atom stereocenters. The number of aliphatic hydroxyl groups is 1. The molecule has 0 radical (unpaired) electrons. The van der Waals surface area contributed by atoms with E-state index in [0.29, 0.717) is 18.1 Å². The lowest BCUT2D eigenvalue weighted by Gasteiger charge is -2.23. The van der Waals surface area contributed by atoms with E-state index in [1.165, 1.54) is 25.0 Å². The Bertz CT molecular complexity index is 1490. The van der Waals surface area contributed by atoms with Gasteiger partial charge in [0.25, 0.3) is 10.1 Å². The van der Waals surface area contributed by atoms with Crippen LogP contribution in [0, 0.1) is 6.92 Å². The number of benzene rings is 3. The Kier molecular flexibility index (Phi) is 22.0. The third-order valence-electron chi connectivity index (χ3n) is 6.91. The second-order valence-corrected chi connectivity index (χ2v) is 13.6. The molecule has 0 amide bonds. The number of hydrogen-bond acceptors (Lipinski definition) is 10. The van der Waals surface area contributed by atoms with E-state index >= 15 is 0 Å². The summed E-state index contributed by atoms with van der Waals surface area (Å²) < 4.78 is 68.1. The molecule has 0 spiro atoms. The Hall–Kier alpha value is -2.89. The van der Waals surface area contributed by atoms with E-state index in [4.69, 9.17) is 42.8 Å². The predicted molar refractivity (Wildman–Crippen MR) is 198 cm³/mol. The first-order valence-corrected chi connectivity index (χ1v) is 18.5. The fourth-order valence-electron chi connectivity index (χ4n) is 4.25. The van der Waals surface area contributed by atoms with Crippen LogP contribution in [0.5, 0.6) is 23.0 Å². The fraction of sp³-hybridized carbons (Fsp3) is 0.429. The fourth-order valence-corrected chi connectivity index (χ4v) is 5.84. The molecule has 50 heavy (non-hydrogen) atoms. The molecule has 0 bridgehead atoms. The average molecular weight is 853 g/mol. The SMILES string of the molecule is C1=COCCC1.COc1cc(CO)cc(OC)c1Br.COc1cc(COC2CCCCO2)cc(OC)c1Br.Cc1ccc(S(=O)(=O)O)cc1.O. The number of hydrogen-bond donors (Lipinski definition) is 2. The Morgan fingerprint density at radius 1 is 0.800 bits per heavy atom. The van der Waals surface area contributed by atoms with Crippen molar-refractivity contribution >= 4 is 42.0 Å². The maximum absolute atomic E-state index is 10.5. The van der Waals surface area contributed by atoms with Crippen LogP contribution < -0.4 is 18.9 Å². The molecule has 5 rings (SSSR count). The second-order valence-electron chi connectivity index (χ2n) is 10.6. The molecule has 3 aromatic rings. The predicted octanol–water partition coefficient (Wildman–Crippen LogP) is 7.20. The van der Waals surface area contributed by atoms with Crippen molar-refractivity contribution in [3.8, 4) is 23.0 Å². The molecular weight excluding hydrogens is 804 g/mol. The molecule has 2 aliphatic heterocycles. The lowest BCUT2D eigenvalue weighted by molar-refractivity contribution is -0.168. The van der Waals surface area contributed by atoms with Gasteiger partial charge in [-0.1, -0.05) is 17.7 Å². The molecule has 1 saturated heterocycles. The summed E-state index contributed by atoms with van der Waals surface area (Å²) in [6.07, 6.45) is 9.36. The van der Waals surface area contributed by atoms with Crippen LogP contribution in [-0.4, -0.2) is 71.5 Å². The van der Waals surface area contributed by atoms with Crippen LogP contribution in [0.3, 0.4) is 0 Å². The second kappa shape index (κ2) is 24.3. The van der Waals surface area contributed by atoms with Crippen molar-refractivity contribution in [3.05, 3.63) is 86.5 Å². The van der Waals surface area contributed by atoms with Gasteiger partial charge in [-0.15, -0.1) is 0 Å². The minimum absolute atomic E-state index is 0. The number of methoxy groups -OCH3 is 4. The molecule has 15 heteroatoms. The van der Waals surface area contributed by atoms with Gasteiger partial charge in [-0.3, -0.25) is 4.55 Å². The van der Waals surface area contributed by atoms with Gasteiger partial charge in [0.2, 0.25) is 0 Å². The van der Waals surface area contributed by atoms with Gasteiger partial charge in [-0.2, -0.15) is 8.42 Å². The summed E-state index contributed by atoms with van der Waals surface area (Å²) in [5.41, 5.74) is 2.72. The highest BCUT2D eigenvalue weighted by Gasteiger charge is 2.16. The zero-order valence-corrected chi connectivity index (χ0v) is 32.9. The highest BCUT2D eigenvalue weighted by molar-refractivity contribution is 9.11. The maximum atomic E-state index is 10.5. The minimum Gasteiger partial charge on any atom is -0.502 e. The molecule has 0 aliphatic carbocycles. The molecule has 2 aliphatic rings. The van der Waals surface area contributed by atoms with Crippen LogP contribution in [0.4, 0.5) is 0 Å². The summed E-state index contributed by atoms with van der Waals surface area (Å²) >= 11 is 6.78. The van der Waals surface area contributed by atoms with E-state index in [-0.39, 0.29) is 23.3 Å². The van der Waals surface area contributed by atoms with Crippen molar-refractivity contribution < 1.29 is 56.7 Å². The summed E-state index contributed by atoms with van der Waals surface area (Å²) in [6.45, 7) is 4.01. The topological polar surface area (TPSA) is 171 Å². The quantitative estimate of drug-likeness (QED) is 0.209. The third kappa shape index (κ3) is 16.0. The van der Waals surface area contributed by atoms with E-state index < -0.39 is 10.1 Å². The van der Waals surface area contributed by atoms with Gasteiger partial charge in [0.15, 0.2) is 6.29 Å². The van der Waals surface area contributed by atoms with Crippen molar-refractivity contribution in [1.82, 2.24) is 0 Å². The number of rotatable bonds is 9. The smallest absolute Gasteiger partial charge is 0.294 e. The Labute approximate surface area is 311 Å². The zero-order chi connectivity index (χ0) is 36.2. The third-order valence-corrected chi connectivity index (χ3v) is 9.34. The van der Waals surface area contributed by atoms with E-state index in [1.54, 1.807) is 59.0 Å². The van der Waals surface area contributed by atoms with Gasteiger partial charge in [-0.05, 0) is 124 Å². The highest BCUT2D eigenvalue weighted by atomic mass is 79.9. The first-order valence-electron chi connectivity index (χ1n) is 15.4. The van der Waals surface area contributed by atoms with E-state index in [2.05, 4.69) is 31.9 Å². The normalized spacial score (nSPS) is 14.8. The number of allylic oxidation sites excluding steroid dienone is 1. The van der Waals surface area contributed by atoms with Gasteiger partial charge in [0.05, 0.1) is 59.4 Å². The zero-order valence-electron chi connectivity index (χ0n) is 28.9. The van der Waals surface area contributed by atoms with Gasteiger partial charge in [0, 0.05) is 6.61 Å². The molecule has 280 valence electrons. The van der Waals surface area contributed by atoms with Crippen molar-refractivity contribution in [2.75, 3.05) is 41.7 Å². The van der Waals surface area contributed by atoms with E-state index in [1.807, 2.05) is 25.1 Å². The van der Waals surface area contributed by atoms with Crippen LogP contribution in [0.25, 0.3) is 0 Å². The Morgan fingerprint density at radius 3 is 1.66 bits per heavy atom. The van der Waals surface area contributed by atoms with Gasteiger partial charge in [-0.25, -0.2) is 0 Å². The monoisotopic (exact) mass is 850 g/mol. The van der Waals surface area contributed by atoms with E-state index in [0.717, 1.165) is 69.6 Å². The molecular formula is C35H48Br2O12S. The molecule has 1 fully saturated rings. The number of aryl methyl sites for hydroxylation is 1. The Morgan fingerprint density at radius 2 is 1.32 bits per heavy atom. The molecule has 1 unspecified atom stereocenters. The minimum atomic E-state index is -4.02. The van der Waals surface area contributed by atoms with Crippen LogP contribution in [-0.2, 0) is 37.5 Å². The van der Waals surface area contributed by atoms with Crippen molar-refractivity contribution in [3.63, 3.8) is 0 Å². The molecule has 12 nitrogen and oxygen atoms in total. The number of halogens is 2. The molecule has 4 N–H and O–H groups in total. The summed E-state index contributed by atoms with van der Waals surface area (Å²) in [5, 5.41) is 8.94. The first kappa shape index (κ1) is 45.1. The van der Waals surface area contributed by atoms with E-state index in [9.17, 15) is 8.42 Å². The van der Waals surface area contributed by atoms with Crippen molar-refractivity contribution in [2.24, 2.45) is 0 Å². The van der Waals surface area contributed by atoms with Gasteiger partial charge >= 0.3 is 0 Å². The summed E-state index contributed by atoms with van der Waals surface area (Å²) in [5.74, 6) is 2.79. The van der Waals surface area contributed by atoms with Crippen molar-refractivity contribution in [1.29, 1.82) is 0 Å². The summed E-state index contributed by atoms with van der Waals surface area (Å²) in [7, 11) is 2.39. The standard InChI is InChI=1S/C14H19BrO4.C9H11BrO3.C7H8O3S.C5H8O.H2O/c1-16-11-7-10(8-12(17-2)14(11)15)9-19-13-5-3-4-6-18-13;1-12-7-3-6(5-11)4-8(13-2)9(7)10;1-6-2-4-7(5-3-6)11(8,9)10;1-2-4-6-5-3-1;/h7-8,13H,3-6,9H2,1-2H3;3-4,11H,5H2,1-2H3;2-5H,1H3,(H,8,9,10);2,4H,1,3,5H2;1H2. The largest absolute Gasteiger partial charge is 0.502 e. The first-order chi connectivity index (χ1) is 23.5. The molecule has 0 saturated carbocycles. The Balaban J connectivity index is 0.000000354. The summed E-state index contributed by atoms with van der Waals surface area (Å²) in [6, 6.07) is 13.4. The highest BCUT2D eigenvalue weighted by Crippen LogP contribution is 2.36. The average Bonchev–Trinajstić information content (AvgIpc) is 3.13. The molecule has 2 heterocycles. The van der Waals surface area contributed by atoms with Crippen LogP contribution >= 0.6 is 31.9 Å². The van der Waals surface area contributed by atoms with Crippen LogP contribution in [0.15, 0.2) is 74.7 Å². The van der Waals surface area contributed by atoms with Gasteiger partial charge in [0.1, 0.15) is 31.9 Å². The van der Waals surface area contributed by atoms with Crippen LogP contribution in [0.1, 0.15) is 48.8 Å². The lowest BCUT2D eigenvalue weighted by Crippen LogP contribution is -2.22. The number of ether oxygens (including phenoxy) is 7. The summed E-state index contributed by atoms with van der Waals surface area (Å²) in [4.78, 5) is -0.0666. The molecule has 0 aromatic heterocycles.